The highest BCUT2D eigenvalue weighted by Crippen LogP contribution is 2.25. The molecule has 0 spiro atoms. The number of benzene rings is 1. The quantitative estimate of drug-likeness (QED) is 0.778. The standard InChI is InChI=1S/C19H28N4O3S/c1-19(2,14-22-10-4-5-11-22)23-13-16(18(21-23)27(20,24)25)12-15-6-8-17(26-3)9-7-15/h6-9,13H,4-5,10-12,14H2,1-3H3,(H2,20,24,25). The Morgan fingerprint density at radius 1 is 1.19 bits per heavy atom. The molecule has 8 heteroatoms. The number of primary sulfonamides is 1. The molecule has 2 aromatic rings. The number of likely N-dealkylation sites (tertiary alicyclic amines) is 1. The molecule has 1 aliphatic rings. The summed E-state index contributed by atoms with van der Waals surface area (Å²) in [5.41, 5.74) is 1.25. The fourth-order valence-electron chi connectivity index (χ4n) is 3.59. The molecule has 1 aliphatic heterocycles. The SMILES string of the molecule is COc1ccc(Cc2cn(C(C)(C)CN3CCCC3)nc2S(N)(=O)=O)cc1. The van der Waals surface area contributed by atoms with Crippen molar-refractivity contribution in [2.24, 2.45) is 5.14 Å². The van der Waals surface area contributed by atoms with Crippen molar-refractivity contribution in [3.05, 3.63) is 41.6 Å². The minimum Gasteiger partial charge on any atom is -0.497 e. The van der Waals surface area contributed by atoms with Crippen molar-refractivity contribution in [2.45, 2.75) is 43.7 Å². The van der Waals surface area contributed by atoms with Crippen LogP contribution in [0.15, 0.2) is 35.5 Å². The minimum atomic E-state index is -3.90. The summed E-state index contributed by atoms with van der Waals surface area (Å²) in [6, 6.07) is 7.54. The number of hydrogen-bond donors (Lipinski definition) is 1. The zero-order valence-corrected chi connectivity index (χ0v) is 17.0. The highest BCUT2D eigenvalue weighted by atomic mass is 32.2. The third-order valence-corrected chi connectivity index (χ3v) is 5.89. The molecule has 7 nitrogen and oxygen atoms in total. The molecule has 2 heterocycles. The van der Waals surface area contributed by atoms with E-state index in [-0.39, 0.29) is 10.6 Å². The molecule has 1 aromatic carbocycles. The second kappa shape index (κ2) is 7.61. The van der Waals surface area contributed by atoms with Crippen molar-refractivity contribution in [1.82, 2.24) is 14.7 Å². The van der Waals surface area contributed by atoms with Gasteiger partial charge < -0.3 is 9.64 Å². The molecule has 0 radical (unpaired) electrons. The zero-order valence-electron chi connectivity index (χ0n) is 16.2. The molecule has 2 N–H and O–H groups in total. The lowest BCUT2D eigenvalue weighted by atomic mass is 10.0. The number of aromatic nitrogens is 2. The van der Waals surface area contributed by atoms with Crippen LogP contribution in [0.5, 0.6) is 5.75 Å². The van der Waals surface area contributed by atoms with Gasteiger partial charge in [0.05, 0.1) is 12.6 Å². The molecule has 0 saturated carbocycles. The van der Waals surface area contributed by atoms with Crippen molar-refractivity contribution >= 4 is 10.0 Å². The number of methoxy groups -OCH3 is 1. The van der Waals surface area contributed by atoms with Crippen molar-refractivity contribution in [1.29, 1.82) is 0 Å². The summed E-state index contributed by atoms with van der Waals surface area (Å²) in [4.78, 5) is 2.39. The molecule has 1 saturated heterocycles. The fourth-order valence-corrected chi connectivity index (χ4v) is 4.28. The first-order valence-electron chi connectivity index (χ1n) is 9.16. The maximum Gasteiger partial charge on any atom is 0.257 e. The van der Waals surface area contributed by atoms with Crippen LogP contribution in [0.25, 0.3) is 0 Å². The van der Waals surface area contributed by atoms with E-state index in [9.17, 15) is 8.42 Å². The summed E-state index contributed by atoms with van der Waals surface area (Å²) in [5, 5.41) is 9.77. The average molecular weight is 393 g/mol. The summed E-state index contributed by atoms with van der Waals surface area (Å²) in [6.45, 7) is 7.11. The van der Waals surface area contributed by atoms with Gasteiger partial charge in [0.1, 0.15) is 5.75 Å². The van der Waals surface area contributed by atoms with Crippen LogP contribution in [0.1, 0.15) is 37.8 Å². The second-order valence-corrected chi connectivity index (χ2v) is 9.25. The number of nitrogens with zero attached hydrogens (tertiary/aromatic N) is 3. The van der Waals surface area contributed by atoms with Crippen molar-refractivity contribution in [3.63, 3.8) is 0 Å². The smallest absolute Gasteiger partial charge is 0.257 e. The Hall–Kier alpha value is -1.90. The molecular weight excluding hydrogens is 364 g/mol. The lowest BCUT2D eigenvalue weighted by Crippen LogP contribution is -2.40. The van der Waals surface area contributed by atoms with Crippen LogP contribution >= 0.6 is 0 Å². The number of hydrogen-bond acceptors (Lipinski definition) is 5. The Balaban J connectivity index is 1.90. The topological polar surface area (TPSA) is 90.4 Å². The van der Waals surface area contributed by atoms with Crippen LogP contribution in [0.2, 0.25) is 0 Å². The Morgan fingerprint density at radius 3 is 2.37 bits per heavy atom. The van der Waals surface area contributed by atoms with E-state index in [1.807, 2.05) is 30.5 Å². The van der Waals surface area contributed by atoms with E-state index in [0.29, 0.717) is 12.0 Å². The maximum atomic E-state index is 12.1. The lowest BCUT2D eigenvalue weighted by Gasteiger charge is -2.30. The first kappa shape index (κ1) is 19.9. The Bertz CT molecular complexity index is 882. The first-order valence-corrected chi connectivity index (χ1v) is 10.7. The molecule has 27 heavy (non-hydrogen) atoms. The van der Waals surface area contributed by atoms with Crippen molar-refractivity contribution in [3.8, 4) is 5.75 Å². The normalized spacial score (nSPS) is 16.0. The van der Waals surface area contributed by atoms with Gasteiger partial charge in [-0.15, -0.1) is 0 Å². The van der Waals surface area contributed by atoms with Crippen molar-refractivity contribution < 1.29 is 13.2 Å². The monoisotopic (exact) mass is 392 g/mol. The lowest BCUT2D eigenvalue weighted by molar-refractivity contribution is 0.195. The van der Waals surface area contributed by atoms with Crippen LogP contribution in [0, 0.1) is 0 Å². The number of rotatable bonds is 7. The van der Waals surface area contributed by atoms with E-state index < -0.39 is 10.0 Å². The van der Waals surface area contributed by atoms with Crippen LogP contribution in [-0.2, 0) is 22.0 Å². The van der Waals surface area contributed by atoms with E-state index in [0.717, 1.165) is 30.9 Å². The number of sulfonamides is 1. The van der Waals surface area contributed by atoms with Gasteiger partial charge in [-0.05, 0) is 57.5 Å². The third-order valence-electron chi connectivity index (χ3n) is 5.00. The molecule has 0 unspecified atom stereocenters. The van der Waals surface area contributed by atoms with E-state index in [4.69, 9.17) is 9.88 Å². The predicted molar refractivity (Wildman–Crippen MR) is 104 cm³/mol. The first-order chi connectivity index (χ1) is 12.7. The Morgan fingerprint density at radius 2 is 1.81 bits per heavy atom. The maximum absolute atomic E-state index is 12.1. The molecule has 3 rings (SSSR count). The van der Waals surface area contributed by atoms with Crippen LogP contribution < -0.4 is 9.88 Å². The second-order valence-electron chi connectivity index (χ2n) is 7.77. The molecule has 148 valence electrons. The fraction of sp³-hybridized carbons (Fsp3) is 0.526. The van der Waals surface area contributed by atoms with Gasteiger partial charge in [-0.1, -0.05) is 12.1 Å². The summed E-state index contributed by atoms with van der Waals surface area (Å²) in [6.07, 6.45) is 4.68. The van der Waals surface area contributed by atoms with E-state index >= 15 is 0 Å². The number of ether oxygens (including phenoxy) is 1. The molecule has 0 amide bonds. The molecule has 0 atom stereocenters. The van der Waals surface area contributed by atoms with Crippen molar-refractivity contribution in [2.75, 3.05) is 26.7 Å². The zero-order chi connectivity index (χ0) is 19.7. The summed E-state index contributed by atoms with van der Waals surface area (Å²) in [5.74, 6) is 0.757. The summed E-state index contributed by atoms with van der Waals surface area (Å²) in [7, 11) is -2.29. The van der Waals surface area contributed by atoms with Crippen LogP contribution in [0.3, 0.4) is 0 Å². The van der Waals surface area contributed by atoms with Gasteiger partial charge in [0.15, 0.2) is 5.03 Å². The largest absolute Gasteiger partial charge is 0.497 e. The van der Waals surface area contributed by atoms with Gasteiger partial charge in [-0.2, -0.15) is 5.10 Å². The van der Waals surface area contributed by atoms with E-state index in [1.54, 1.807) is 11.8 Å². The Labute approximate surface area is 161 Å². The van der Waals surface area contributed by atoms with Crippen LogP contribution in [0.4, 0.5) is 0 Å². The molecule has 1 fully saturated rings. The highest BCUT2D eigenvalue weighted by molar-refractivity contribution is 7.89. The Kier molecular flexibility index (Phi) is 5.60. The molecule has 0 aliphatic carbocycles. The van der Waals surface area contributed by atoms with Gasteiger partial charge in [0.25, 0.3) is 10.0 Å². The number of nitrogens with two attached hydrogens (primary N) is 1. The van der Waals surface area contributed by atoms with Gasteiger partial charge in [-0.3, -0.25) is 4.68 Å². The van der Waals surface area contributed by atoms with E-state index in [1.165, 1.54) is 12.8 Å². The van der Waals surface area contributed by atoms with Gasteiger partial charge in [-0.25, -0.2) is 13.6 Å². The molecule has 1 aromatic heterocycles. The molecular formula is C19H28N4O3S. The summed E-state index contributed by atoms with van der Waals surface area (Å²) >= 11 is 0. The van der Waals surface area contributed by atoms with Crippen LogP contribution in [-0.4, -0.2) is 49.8 Å². The highest BCUT2D eigenvalue weighted by Gasteiger charge is 2.29. The third kappa shape index (κ3) is 4.69. The van der Waals surface area contributed by atoms with E-state index in [2.05, 4.69) is 23.8 Å². The van der Waals surface area contributed by atoms with Gasteiger partial charge in [0, 0.05) is 24.7 Å². The van der Waals surface area contributed by atoms with Gasteiger partial charge >= 0.3 is 0 Å². The average Bonchev–Trinajstić information content (AvgIpc) is 3.25. The molecule has 0 bridgehead atoms. The predicted octanol–water partition coefficient (Wildman–Crippen LogP) is 1.96. The minimum absolute atomic E-state index is 0.0483. The van der Waals surface area contributed by atoms with Gasteiger partial charge in [0.2, 0.25) is 0 Å². The summed E-state index contributed by atoms with van der Waals surface area (Å²) < 4.78 is 31.1.